The van der Waals surface area contributed by atoms with Gasteiger partial charge < -0.3 is 10.0 Å². The quantitative estimate of drug-likeness (QED) is 0.919. The first-order valence-corrected chi connectivity index (χ1v) is 5.99. The third-order valence-corrected chi connectivity index (χ3v) is 2.92. The second kappa shape index (κ2) is 5.85. The van der Waals surface area contributed by atoms with E-state index in [1.165, 1.54) is 18.5 Å². The third-order valence-electron chi connectivity index (χ3n) is 2.92. The van der Waals surface area contributed by atoms with E-state index in [4.69, 9.17) is 10.4 Å². The predicted molar refractivity (Wildman–Crippen MR) is 74.5 cm³/mol. The molecule has 0 radical (unpaired) electrons. The topological polar surface area (TPSA) is 77.2 Å². The monoisotopic (exact) mass is 267 g/mol. The number of nitrogens with zero attached hydrogens (tertiary/aromatic N) is 3. The van der Waals surface area contributed by atoms with E-state index in [9.17, 15) is 4.79 Å². The second-order valence-electron chi connectivity index (χ2n) is 4.37. The zero-order valence-corrected chi connectivity index (χ0v) is 10.9. The van der Waals surface area contributed by atoms with Gasteiger partial charge in [0.1, 0.15) is 0 Å². The van der Waals surface area contributed by atoms with Crippen LogP contribution in [-0.4, -0.2) is 23.1 Å². The van der Waals surface area contributed by atoms with Crippen LogP contribution in [0.2, 0.25) is 0 Å². The molecule has 0 unspecified atom stereocenters. The highest BCUT2D eigenvalue weighted by Crippen LogP contribution is 2.20. The van der Waals surface area contributed by atoms with Crippen molar-refractivity contribution in [3.05, 3.63) is 59.4 Å². The van der Waals surface area contributed by atoms with Crippen LogP contribution < -0.4 is 4.90 Å². The van der Waals surface area contributed by atoms with E-state index in [1.54, 1.807) is 24.1 Å². The highest BCUT2D eigenvalue weighted by molar-refractivity contribution is 5.94. The summed E-state index contributed by atoms with van der Waals surface area (Å²) < 4.78 is 0. The van der Waals surface area contributed by atoms with Gasteiger partial charge in [0, 0.05) is 19.8 Å². The fraction of sp³-hybridized carbons (Fsp3) is 0.133. The van der Waals surface area contributed by atoms with E-state index >= 15 is 0 Å². The van der Waals surface area contributed by atoms with Crippen molar-refractivity contribution < 1.29 is 9.90 Å². The van der Waals surface area contributed by atoms with Gasteiger partial charge in [-0.1, -0.05) is 12.1 Å². The zero-order valence-electron chi connectivity index (χ0n) is 10.9. The van der Waals surface area contributed by atoms with Gasteiger partial charge in [-0.3, -0.25) is 4.98 Å². The molecule has 0 saturated heterocycles. The van der Waals surface area contributed by atoms with E-state index in [2.05, 4.69) is 11.1 Å². The number of rotatable bonds is 4. The molecule has 0 amide bonds. The lowest BCUT2D eigenvalue weighted by Crippen LogP contribution is -2.19. The Morgan fingerprint density at radius 3 is 2.95 bits per heavy atom. The summed E-state index contributed by atoms with van der Waals surface area (Å²) >= 11 is 0. The molecule has 0 spiro atoms. The van der Waals surface area contributed by atoms with Gasteiger partial charge in [0.05, 0.1) is 29.1 Å². The fourth-order valence-electron chi connectivity index (χ4n) is 1.97. The molecule has 0 aliphatic heterocycles. The van der Waals surface area contributed by atoms with Crippen LogP contribution in [0.3, 0.4) is 0 Å². The molecule has 0 aliphatic carbocycles. The Balaban J connectivity index is 2.26. The van der Waals surface area contributed by atoms with Gasteiger partial charge in [0.25, 0.3) is 0 Å². The van der Waals surface area contributed by atoms with Crippen molar-refractivity contribution >= 4 is 11.7 Å². The average Bonchev–Trinajstić information content (AvgIpc) is 2.47. The number of carboxylic acids is 1. The third kappa shape index (κ3) is 2.93. The number of aromatic carboxylic acids is 1. The molecule has 1 aromatic heterocycles. The number of pyridine rings is 1. The maximum atomic E-state index is 11.2. The molecule has 0 fully saturated rings. The lowest BCUT2D eigenvalue weighted by atomic mass is 10.1. The molecule has 2 rings (SSSR count). The smallest absolute Gasteiger partial charge is 0.337 e. The summed E-state index contributed by atoms with van der Waals surface area (Å²) in [5, 5.41) is 18.0. The van der Waals surface area contributed by atoms with Gasteiger partial charge in [-0.05, 0) is 23.8 Å². The molecule has 2 aromatic rings. The van der Waals surface area contributed by atoms with Crippen molar-refractivity contribution in [2.24, 2.45) is 0 Å². The Bertz CT molecular complexity index is 677. The summed E-state index contributed by atoms with van der Waals surface area (Å²) in [7, 11) is 1.79. The van der Waals surface area contributed by atoms with Crippen LogP contribution >= 0.6 is 0 Å². The molecule has 5 heteroatoms. The molecule has 1 N–H and O–H groups in total. The van der Waals surface area contributed by atoms with E-state index in [-0.39, 0.29) is 5.56 Å². The molecule has 100 valence electrons. The van der Waals surface area contributed by atoms with Crippen molar-refractivity contribution in [3.63, 3.8) is 0 Å². The summed E-state index contributed by atoms with van der Waals surface area (Å²) in [6.45, 7) is 0.501. The van der Waals surface area contributed by atoms with Gasteiger partial charge in [-0.15, -0.1) is 0 Å². The molecule has 0 bridgehead atoms. The highest BCUT2D eigenvalue weighted by Gasteiger charge is 2.13. The van der Waals surface area contributed by atoms with E-state index in [1.807, 2.05) is 12.1 Å². The first-order valence-electron chi connectivity index (χ1n) is 5.99. The minimum absolute atomic E-state index is 0.207. The molecule has 0 atom stereocenters. The molecule has 5 nitrogen and oxygen atoms in total. The largest absolute Gasteiger partial charge is 0.478 e. The number of anilines is 1. The average molecular weight is 267 g/mol. The summed E-state index contributed by atoms with van der Waals surface area (Å²) in [6.07, 6.45) is 2.98. The first kappa shape index (κ1) is 13.6. The first-order chi connectivity index (χ1) is 9.61. The van der Waals surface area contributed by atoms with E-state index in [0.717, 1.165) is 5.56 Å². The second-order valence-corrected chi connectivity index (χ2v) is 4.37. The minimum atomic E-state index is -0.986. The van der Waals surface area contributed by atoms with Crippen molar-refractivity contribution in [1.82, 2.24) is 4.98 Å². The van der Waals surface area contributed by atoms with Crippen LogP contribution in [0.4, 0.5) is 5.69 Å². The van der Waals surface area contributed by atoms with Gasteiger partial charge in [-0.2, -0.15) is 5.26 Å². The Morgan fingerprint density at radius 2 is 2.25 bits per heavy atom. The SMILES string of the molecule is CN(Cc1cccc(C#N)c1)c1cnccc1C(=O)O. The number of carbonyl (C=O) groups is 1. The summed E-state index contributed by atoms with van der Waals surface area (Å²) in [6, 6.07) is 10.8. The van der Waals surface area contributed by atoms with Crippen LogP contribution in [0.15, 0.2) is 42.7 Å². The normalized spacial score (nSPS) is 9.80. The van der Waals surface area contributed by atoms with Crippen molar-refractivity contribution in [2.75, 3.05) is 11.9 Å². The number of carboxylic acid groups (broad SMARTS) is 1. The number of hydrogen-bond donors (Lipinski definition) is 1. The molecule has 0 aliphatic rings. The summed E-state index contributed by atoms with van der Waals surface area (Å²) in [5.74, 6) is -0.986. The lowest BCUT2D eigenvalue weighted by molar-refractivity contribution is 0.0697. The number of hydrogen-bond acceptors (Lipinski definition) is 4. The van der Waals surface area contributed by atoms with Crippen LogP contribution in [0.5, 0.6) is 0 Å². The van der Waals surface area contributed by atoms with Crippen LogP contribution in [0, 0.1) is 11.3 Å². The lowest BCUT2D eigenvalue weighted by Gasteiger charge is -2.20. The Kier molecular flexibility index (Phi) is 3.96. The summed E-state index contributed by atoms with van der Waals surface area (Å²) in [4.78, 5) is 16.9. The molecular weight excluding hydrogens is 254 g/mol. The molecular formula is C15H13N3O2. The highest BCUT2D eigenvalue weighted by atomic mass is 16.4. The zero-order chi connectivity index (χ0) is 14.5. The number of aromatic nitrogens is 1. The summed E-state index contributed by atoms with van der Waals surface area (Å²) in [5.41, 5.74) is 2.27. The maximum absolute atomic E-state index is 11.2. The Labute approximate surface area is 116 Å². The van der Waals surface area contributed by atoms with Crippen molar-refractivity contribution in [1.29, 1.82) is 5.26 Å². The Hall–Kier alpha value is -2.87. The van der Waals surface area contributed by atoms with Gasteiger partial charge in [-0.25, -0.2) is 4.79 Å². The van der Waals surface area contributed by atoms with Crippen LogP contribution in [-0.2, 0) is 6.54 Å². The van der Waals surface area contributed by atoms with Crippen molar-refractivity contribution in [2.45, 2.75) is 6.54 Å². The fourth-order valence-corrected chi connectivity index (χ4v) is 1.97. The van der Waals surface area contributed by atoms with Gasteiger partial charge >= 0.3 is 5.97 Å². The van der Waals surface area contributed by atoms with E-state index in [0.29, 0.717) is 17.8 Å². The maximum Gasteiger partial charge on any atom is 0.337 e. The number of nitriles is 1. The number of benzene rings is 1. The molecule has 1 heterocycles. The molecule has 20 heavy (non-hydrogen) atoms. The standard InChI is InChI=1S/C15H13N3O2/c1-18(10-12-4-2-3-11(7-12)8-16)14-9-17-6-5-13(14)15(19)20/h2-7,9H,10H2,1H3,(H,19,20). The minimum Gasteiger partial charge on any atom is -0.478 e. The van der Waals surface area contributed by atoms with E-state index < -0.39 is 5.97 Å². The van der Waals surface area contributed by atoms with Gasteiger partial charge in [0.2, 0.25) is 0 Å². The predicted octanol–water partition coefficient (Wildman–Crippen LogP) is 2.29. The van der Waals surface area contributed by atoms with Crippen molar-refractivity contribution in [3.8, 4) is 6.07 Å². The molecule has 1 aromatic carbocycles. The Morgan fingerprint density at radius 1 is 1.45 bits per heavy atom. The van der Waals surface area contributed by atoms with Crippen LogP contribution in [0.25, 0.3) is 0 Å². The van der Waals surface area contributed by atoms with Crippen LogP contribution in [0.1, 0.15) is 21.5 Å². The van der Waals surface area contributed by atoms with Gasteiger partial charge in [0.15, 0.2) is 0 Å². The molecule has 0 saturated carbocycles.